The molecule has 5 nitrogen and oxygen atoms in total. The van der Waals surface area contributed by atoms with Crippen LogP contribution < -0.4 is 0 Å². The minimum Gasteiger partial charge on any atom is -0.480 e. The fourth-order valence-corrected chi connectivity index (χ4v) is 2.92. The lowest BCUT2D eigenvalue weighted by Crippen LogP contribution is -2.32. The molecule has 130 valence electrons. The van der Waals surface area contributed by atoms with Crippen LogP contribution in [0.2, 0.25) is 0 Å². The second kappa shape index (κ2) is 7.57. The van der Waals surface area contributed by atoms with Gasteiger partial charge in [-0.2, -0.15) is 5.10 Å². The predicted molar refractivity (Wildman–Crippen MR) is 90.5 cm³/mol. The molecule has 1 atom stereocenters. The molecule has 0 spiro atoms. The Morgan fingerprint density at radius 1 is 1.33 bits per heavy atom. The number of aryl methyl sites for hydroxylation is 4. The number of carboxylic acids is 1. The van der Waals surface area contributed by atoms with E-state index in [0.717, 1.165) is 24.4 Å². The molecule has 0 bridgehead atoms. The summed E-state index contributed by atoms with van der Waals surface area (Å²) in [7, 11) is 1.78. The molecule has 0 amide bonds. The minimum atomic E-state index is -0.936. The maximum Gasteiger partial charge on any atom is 0.325 e. The van der Waals surface area contributed by atoms with Crippen LogP contribution in [0.1, 0.15) is 35.0 Å². The van der Waals surface area contributed by atoms with Crippen LogP contribution in [0.5, 0.6) is 0 Å². The molecule has 2 aromatic rings. The summed E-state index contributed by atoms with van der Waals surface area (Å²) in [6, 6.07) is 5.70. The van der Waals surface area contributed by atoms with Crippen molar-refractivity contribution < 1.29 is 14.3 Å². The van der Waals surface area contributed by atoms with Crippen LogP contribution in [0.4, 0.5) is 4.39 Å². The van der Waals surface area contributed by atoms with E-state index in [0.29, 0.717) is 17.7 Å². The molecule has 1 N–H and O–H groups in total. The first-order chi connectivity index (χ1) is 11.3. The number of benzene rings is 1. The zero-order valence-electron chi connectivity index (χ0n) is 14.6. The Bertz CT molecular complexity index is 727. The lowest BCUT2D eigenvalue weighted by atomic mass is 10.0. The van der Waals surface area contributed by atoms with Gasteiger partial charge in [0.05, 0.1) is 5.69 Å². The zero-order valence-corrected chi connectivity index (χ0v) is 14.6. The van der Waals surface area contributed by atoms with Gasteiger partial charge in [0.1, 0.15) is 11.9 Å². The Kier molecular flexibility index (Phi) is 5.72. The molecule has 0 radical (unpaired) electrons. The van der Waals surface area contributed by atoms with E-state index in [9.17, 15) is 14.3 Å². The van der Waals surface area contributed by atoms with Gasteiger partial charge in [-0.1, -0.05) is 12.1 Å². The summed E-state index contributed by atoms with van der Waals surface area (Å²) in [5.74, 6) is -1.26. The molecule has 0 aliphatic rings. The fourth-order valence-electron chi connectivity index (χ4n) is 2.92. The SMILES string of the molecule is Cc1cc(C)n(CCCN(C)C(C(=O)O)c2ccc(F)c(C)c2)n1. The number of hydrogen-bond acceptors (Lipinski definition) is 3. The van der Waals surface area contributed by atoms with Gasteiger partial charge in [-0.3, -0.25) is 14.4 Å². The molecular weight excluding hydrogens is 309 g/mol. The number of halogens is 1. The van der Waals surface area contributed by atoms with Crippen molar-refractivity contribution in [3.8, 4) is 0 Å². The summed E-state index contributed by atoms with van der Waals surface area (Å²) in [6.07, 6.45) is 0.780. The Balaban J connectivity index is 2.03. The predicted octanol–water partition coefficient (Wildman–Crippen LogP) is 3.10. The Morgan fingerprint density at radius 2 is 2.04 bits per heavy atom. The van der Waals surface area contributed by atoms with E-state index in [2.05, 4.69) is 5.10 Å². The smallest absolute Gasteiger partial charge is 0.325 e. The van der Waals surface area contributed by atoms with E-state index >= 15 is 0 Å². The van der Waals surface area contributed by atoms with Crippen LogP contribution in [0.15, 0.2) is 24.3 Å². The zero-order chi connectivity index (χ0) is 17.9. The molecule has 2 rings (SSSR count). The molecule has 0 fully saturated rings. The Hall–Kier alpha value is -2.21. The second-order valence-electron chi connectivity index (χ2n) is 6.23. The van der Waals surface area contributed by atoms with E-state index in [1.807, 2.05) is 24.6 Å². The van der Waals surface area contributed by atoms with Gasteiger partial charge >= 0.3 is 5.97 Å². The number of likely N-dealkylation sites (N-methyl/N-ethyl adjacent to an activating group) is 1. The number of aliphatic carboxylic acids is 1. The van der Waals surface area contributed by atoms with Crippen LogP contribution in [-0.4, -0.2) is 39.3 Å². The summed E-state index contributed by atoms with van der Waals surface area (Å²) in [6.45, 7) is 6.93. The molecule has 0 saturated heterocycles. The van der Waals surface area contributed by atoms with Crippen LogP contribution in [0, 0.1) is 26.6 Å². The maximum absolute atomic E-state index is 13.4. The van der Waals surface area contributed by atoms with Gasteiger partial charge in [-0.05, 0) is 57.5 Å². The lowest BCUT2D eigenvalue weighted by Gasteiger charge is -2.25. The van der Waals surface area contributed by atoms with E-state index in [1.54, 1.807) is 31.0 Å². The molecule has 0 aliphatic heterocycles. The van der Waals surface area contributed by atoms with Gasteiger partial charge in [0.25, 0.3) is 0 Å². The van der Waals surface area contributed by atoms with E-state index < -0.39 is 12.0 Å². The summed E-state index contributed by atoms with van der Waals surface area (Å²) in [4.78, 5) is 13.5. The van der Waals surface area contributed by atoms with Gasteiger partial charge in [-0.25, -0.2) is 4.39 Å². The van der Waals surface area contributed by atoms with Crippen molar-refractivity contribution in [3.63, 3.8) is 0 Å². The summed E-state index contributed by atoms with van der Waals surface area (Å²) >= 11 is 0. The van der Waals surface area contributed by atoms with Crippen molar-refractivity contribution in [1.82, 2.24) is 14.7 Å². The number of aromatic nitrogens is 2. The fraction of sp³-hybridized carbons (Fsp3) is 0.444. The third-order valence-corrected chi connectivity index (χ3v) is 4.16. The van der Waals surface area contributed by atoms with Crippen molar-refractivity contribution in [1.29, 1.82) is 0 Å². The summed E-state index contributed by atoms with van der Waals surface area (Å²) in [5.41, 5.74) is 3.12. The Labute approximate surface area is 141 Å². The molecule has 0 aliphatic carbocycles. The normalized spacial score (nSPS) is 12.6. The van der Waals surface area contributed by atoms with E-state index in [1.165, 1.54) is 6.07 Å². The number of carboxylic acid groups (broad SMARTS) is 1. The Morgan fingerprint density at radius 3 is 2.58 bits per heavy atom. The van der Waals surface area contributed by atoms with Crippen LogP contribution in [0.25, 0.3) is 0 Å². The molecule has 1 aromatic heterocycles. The number of hydrogen-bond donors (Lipinski definition) is 1. The minimum absolute atomic E-state index is 0.324. The van der Waals surface area contributed by atoms with Gasteiger partial charge in [-0.15, -0.1) is 0 Å². The third kappa shape index (κ3) is 4.20. The molecule has 0 saturated carbocycles. The summed E-state index contributed by atoms with van der Waals surface area (Å²) in [5, 5.41) is 14.0. The third-order valence-electron chi connectivity index (χ3n) is 4.16. The highest BCUT2D eigenvalue weighted by molar-refractivity contribution is 5.75. The van der Waals surface area contributed by atoms with Crippen molar-refractivity contribution in [2.24, 2.45) is 0 Å². The van der Waals surface area contributed by atoms with Gasteiger partial charge in [0, 0.05) is 18.8 Å². The summed E-state index contributed by atoms with van der Waals surface area (Å²) < 4.78 is 15.4. The second-order valence-corrected chi connectivity index (χ2v) is 6.23. The van der Waals surface area contributed by atoms with Crippen molar-refractivity contribution in [2.75, 3.05) is 13.6 Å². The van der Waals surface area contributed by atoms with Crippen molar-refractivity contribution in [3.05, 3.63) is 52.6 Å². The van der Waals surface area contributed by atoms with Crippen molar-refractivity contribution in [2.45, 2.75) is 39.8 Å². The van der Waals surface area contributed by atoms with Gasteiger partial charge < -0.3 is 5.11 Å². The average Bonchev–Trinajstić information content (AvgIpc) is 2.80. The maximum atomic E-state index is 13.4. The largest absolute Gasteiger partial charge is 0.480 e. The van der Waals surface area contributed by atoms with Crippen LogP contribution >= 0.6 is 0 Å². The first-order valence-corrected chi connectivity index (χ1v) is 7.99. The van der Waals surface area contributed by atoms with Crippen molar-refractivity contribution >= 4 is 5.97 Å². The number of rotatable bonds is 7. The number of carbonyl (C=O) groups is 1. The molecular formula is C18H24FN3O2. The van der Waals surface area contributed by atoms with E-state index in [4.69, 9.17) is 0 Å². The molecule has 1 heterocycles. The molecule has 1 aromatic carbocycles. The first-order valence-electron chi connectivity index (χ1n) is 7.99. The monoisotopic (exact) mass is 333 g/mol. The van der Waals surface area contributed by atoms with E-state index in [-0.39, 0.29) is 5.82 Å². The molecule has 1 unspecified atom stereocenters. The first kappa shape index (κ1) is 18.1. The van der Waals surface area contributed by atoms with Gasteiger partial charge in [0.2, 0.25) is 0 Å². The standard InChI is InChI=1S/C18H24FN3O2/c1-12-10-15(6-7-16(12)19)17(18(23)24)21(4)8-5-9-22-14(3)11-13(2)20-22/h6-7,10-11,17H,5,8-9H2,1-4H3,(H,23,24). The average molecular weight is 333 g/mol. The highest BCUT2D eigenvalue weighted by atomic mass is 19.1. The number of nitrogens with zero attached hydrogens (tertiary/aromatic N) is 3. The van der Waals surface area contributed by atoms with Crippen LogP contribution in [0.3, 0.4) is 0 Å². The topological polar surface area (TPSA) is 58.4 Å². The lowest BCUT2D eigenvalue weighted by molar-refractivity contribution is -0.143. The quantitative estimate of drug-likeness (QED) is 0.846. The molecule has 24 heavy (non-hydrogen) atoms. The van der Waals surface area contributed by atoms with Gasteiger partial charge in [0.15, 0.2) is 0 Å². The highest BCUT2D eigenvalue weighted by Crippen LogP contribution is 2.22. The van der Waals surface area contributed by atoms with Crippen LogP contribution in [-0.2, 0) is 11.3 Å². The molecule has 6 heteroatoms. The highest BCUT2D eigenvalue weighted by Gasteiger charge is 2.25.